The Balaban J connectivity index is 2.23. The first-order chi connectivity index (χ1) is 8.29. The molecule has 0 aromatic heterocycles. The summed E-state index contributed by atoms with van der Waals surface area (Å²) in [5.74, 6) is 0. The van der Waals surface area contributed by atoms with Crippen LogP contribution < -0.4 is 5.32 Å². The Morgan fingerprint density at radius 2 is 1.94 bits per heavy atom. The lowest BCUT2D eigenvalue weighted by molar-refractivity contribution is 0.803. The van der Waals surface area contributed by atoms with Crippen molar-refractivity contribution in [2.45, 2.75) is 16.3 Å². The highest BCUT2D eigenvalue weighted by atomic mass is 79.9. The fourth-order valence-electron chi connectivity index (χ4n) is 1.60. The summed E-state index contributed by atoms with van der Waals surface area (Å²) in [6.07, 6.45) is 0. The molecule has 1 nitrogen and oxygen atoms in total. The third kappa shape index (κ3) is 3.60. The highest BCUT2D eigenvalue weighted by Gasteiger charge is 2.03. The number of rotatable bonds is 4. The normalized spacial score (nSPS) is 10.5. The highest BCUT2D eigenvalue weighted by molar-refractivity contribution is 9.10. The largest absolute Gasteiger partial charge is 0.316 e. The molecule has 0 radical (unpaired) electrons. The molecule has 88 valence electrons. The smallest absolute Gasteiger partial charge is 0.0213 e. The second-order valence-corrected chi connectivity index (χ2v) is 5.73. The maximum atomic E-state index is 3.50. The highest BCUT2D eigenvalue weighted by Crippen LogP contribution is 2.31. The van der Waals surface area contributed by atoms with E-state index in [1.807, 2.05) is 13.1 Å². The van der Waals surface area contributed by atoms with Crippen molar-refractivity contribution in [3.05, 3.63) is 58.6 Å². The summed E-state index contributed by atoms with van der Waals surface area (Å²) in [7, 11) is 1.97. The fourth-order valence-corrected chi connectivity index (χ4v) is 3.15. The van der Waals surface area contributed by atoms with Crippen molar-refractivity contribution in [3.8, 4) is 0 Å². The number of benzene rings is 2. The van der Waals surface area contributed by atoms with Gasteiger partial charge in [0.25, 0.3) is 0 Å². The van der Waals surface area contributed by atoms with Crippen LogP contribution in [0.4, 0.5) is 0 Å². The van der Waals surface area contributed by atoms with Crippen LogP contribution in [-0.2, 0) is 6.54 Å². The molecule has 0 amide bonds. The maximum absolute atomic E-state index is 3.50. The Kier molecular flexibility index (Phi) is 4.66. The first kappa shape index (κ1) is 12.7. The van der Waals surface area contributed by atoms with Crippen LogP contribution in [-0.4, -0.2) is 7.05 Å². The molecule has 2 rings (SSSR count). The fraction of sp³-hybridized carbons (Fsp3) is 0.143. The molecule has 0 aliphatic carbocycles. The van der Waals surface area contributed by atoms with Crippen molar-refractivity contribution < 1.29 is 0 Å². The van der Waals surface area contributed by atoms with Crippen LogP contribution in [0.2, 0.25) is 0 Å². The summed E-state index contributed by atoms with van der Waals surface area (Å²) in [5, 5.41) is 3.20. The minimum absolute atomic E-state index is 0.900. The first-order valence-electron chi connectivity index (χ1n) is 5.45. The molecular weight excluding hydrogens is 294 g/mol. The molecule has 1 N–H and O–H groups in total. The van der Waals surface area contributed by atoms with E-state index in [0.29, 0.717) is 0 Å². The van der Waals surface area contributed by atoms with Crippen LogP contribution in [0.5, 0.6) is 0 Å². The van der Waals surface area contributed by atoms with Crippen LogP contribution >= 0.6 is 27.7 Å². The SMILES string of the molecule is CNCc1ccccc1Sc1cccc(Br)c1. The predicted octanol–water partition coefficient (Wildman–Crippen LogP) is 4.32. The van der Waals surface area contributed by atoms with Gasteiger partial charge in [-0.15, -0.1) is 0 Å². The van der Waals surface area contributed by atoms with Crippen molar-refractivity contribution in [1.29, 1.82) is 0 Å². The summed E-state index contributed by atoms with van der Waals surface area (Å²) in [6, 6.07) is 16.9. The summed E-state index contributed by atoms with van der Waals surface area (Å²) in [6.45, 7) is 0.900. The molecule has 2 aromatic rings. The van der Waals surface area contributed by atoms with E-state index in [-0.39, 0.29) is 0 Å². The second kappa shape index (κ2) is 6.24. The second-order valence-electron chi connectivity index (χ2n) is 3.70. The van der Waals surface area contributed by atoms with Gasteiger partial charge in [0, 0.05) is 20.8 Å². The van der Waals surface area contributed by atoms with E-state index in [1.54, 1.807) is 11.8 Å². The molecule has 0 saturated heterocycles. The van der Waals surface area contributed by atoms with Gasteiger partial charge in [0.05, 0.1) is 0 Å². The number of hydrogen-bond acceptors (Lipinski definition) is 2. The zero-order valence-electron chi connectivity index (χ0n) is 9.61. The minimum Gasteiger partial charge on any atom is -0.316 e. The van der Waals surface area contributed by atoms with Gasteiger partial charge in [-0.05, 0) is 36.9 Å². The van der Waals surface area contributed by atoms with Crippen molar-refractivity contribution in [1.82, 2.24) is 5.32 Å². The Morgan fingerprint density at radius 3 is 2.71 bits per heavy atom. The van der Waals surface area contributed by atoms with Gasteiger partial charge < -0.3 is 5.32 Å². The molecule has 3 heteroatoms. The van der Waals surface area contributed by atoms with Crippen molar-refractivity contribution in [2.24, 2.45) is 0 Å². The van der Waals surface area contributed by atoms with Crippen LogP contribution in [0.1, 0.15) is 5.56 Å². The van der Waals surface area contributed by atoms with Gasteiger partial charge in [-0.2, -0.15) is 0 Å². The lowest BCUT2D eigenvalue weighted by atomic mass is 10.2. The number of hydrogen-bond donors (Lipinski definition) is 1. The lowest BCUT2D eigenvalue weighted by Gasteiger charge is -2.08. The maximum Gasteiger partial charge on any atom is 0.0213 e. The third-order valence-corrected chi connectivity index (χ3v) is 3.96. The molecule has 0 atom stereocenters. The third-order valence-electron chi connectivity index (χ3n) is 2.36. The van der Waals surface area contributed by atoms with Crippen LogP contribution in [0.3, 0.4) is 0 Å². The van der Waals surface area contributed by atoms with E-state index >= 15 is 0 Å². The summed E-state index contributed by atoms with van der Waals surface area (Å²) >= 11 is 5.30. The van der Waals surface area contributed by atoms with Crippen LogP contribution in [0, 0.1) is 0 Å². The number of halogens is 1. The van der Waals surface area contributed by atoms with Gasteiger partial charge in [-0.1, -0.05) is 52.0 Å². The van der Waals surface area contributed by atoms with Gasteiger partial charge in [-0.25, -0.2) is 0 Å². The topological polar surface area (TPSA) is 12.0 Å². The predicted molar refractivity (Wildman–Crippen MR) is 77.5 cm³/mol. The average molecular weight is 308 g/mol. The monoisotopic (exact) mass is 307 g/mol. The molecule has 0 aliphatic heterocycles. The molecule has 17 heavy (non-hydrogen) atoms. The Labute approximate surface area is 115 Å². The molecular formula is C14H14BrNS. The van der Waals surface area contributed by atoms with E-state index in [2.05, 4.69) is 63.7 Å². The van der Waals surface area contributed by atoms with Gasteiger partial charge in [0.15, 0.2) is 0 Å². The summed E-state index contributed by atoms with van der Waals surface area (Å²) < 4.78 is 1.12. The molecule has 0 aliphatic rings. The van der Waals surface area contributed by atoms with E-state index in [9.17, 15) is 0 Å². The Morgan fingerprint density at radius 1 is 1.12 bits per heavy atom. The van der Waals surface area contributed by atoms with Gasteiger partial charge in [0.2, 0.25) is 0 Å². The molecule has 0 saturated carbocycles. The van der Waals surface area contributed by atoms with Crippen LogP contribution in [0.15, 0.2) is 62.8 Å². The molecule has 0 unspecified atom stereocenters. The van der Waals surface area contributed by atoms with E-state index in [0.717, 1.165) is 11.0 Å². The minimum atomic E-state index is 0.900. The zero-order chi connectivity index (χ0) is 12.1. The van der Waals surface area contributed by atoms with Gasteiger partial charge in [-0.3, -0.25) is 0 Å². The van der Waals surface area contributed by atoms with Crippen molar-refractivity contribution in [3.63, 3.8) is 0 Å². The van der Waals surface area contributed by atoms with E-state index in [1.165, 1.54) is 15.4 Å². The first-order valence-corrected chi connectivity index (χ1v) is 7.06. The Hall–Kier alpha value is -0.770. The average Bonchev–Trinajstić information content (AvgIpc) is 2.32. The zero-order valence-corrected chi connectivity index (χ0v) is 12.0. The quantitative estimate of drug-likeness (QED) is 0.903. The van der Waals surface area contributed by atoms with E-state index in [4.69, 9.17) is 0 Å². The molecule has 0 spiro atoms. The molecule has 0 bridgehead atoms. The summed E-state index contributed by atoms with van der Waals surface area (Å²) in [4.78, 5) is 2.56. The van der Waals surface area contributed by atoms with Crippen LogP contribution in [0.25, 0.3) is 0 Å². The van der Waals surface area contributed by atoms with Gasteiger partial charge in [0.1, 0.15) is 0 Å². The molecule has 0 heterocycles. The molecule has 0 fully saturated rings. The van der Waals surface area contributed by atoms with Crippen molar-refractivity contribution >= 4 is 27.7 Å². The summed E-state index contributed by atoms with van der Waals surface area (Å²) in [5.41, 5.74) is 1.33. The lowest BCUT2D eigenvalue weighted by Crippen LogP contribution is -2.05. The van der Waals surface area contributed by atoms with Crippen molar-refractivity contribution in [2.75, 3.05) is 7.05 Å². The van der Waals surface area contributed by atoms with E-state index < -0.39 is 0 Å². The standard InChI is InChI=1S/C14H14BrNS/c1-16-10-11-5-2-3-8-14(11)17-13-7-4-6-12(15)9-13/h2-9,16H,10H2,1H3. The van der Waals surface area contributed by atoms with Gasteiger partial charge >= 0.3 is 0 Å². The number of nitrogens with one attached hydrogen (secondary N) is 1. The Bertz CT molecular complexity index is 499. The molecule has 2 aromatic carbocycles.